The first-order valence-electron chi connectivity index (χ1n) is 9.13. The third-order valence-corrected chi connectivity index (χ3v) is 4.41. The third-order valence-electron chi connectivity index (χ3n) is 4.41. The molecular formula is C23H22N2O5. The lowest BCUT2D eigenvalue weighted by Crippen LogP contribution is -2.18. The highest BCUT2D eigenvalue weighted by Crippen LogP contribution is 2.28. The summed E-state index contributed by atoms with van der Waals surface area (Å²) in [6.07, 6.45) is 0. The molecule has 0 spiro atoms. The number of para-hydroxylation sites is 1. The Morgan fingerprint density at radius 3 is 2.07 bits per heavy atom. The molecule has 0 aliphatic rings. The Bertz CT molecular complexity index is 1050. The number of carbonyl (C=O) groups is 2. The molecule has 0 bridgehead atoms. The molecule has 7 heteroatoms. The Morgan fingerprint density at radius 2 is 1.40 bits per heavy atom. The van der Waals surface area contributed by atoms with Crippen molar-refractivity contribution in [3.8, 4) is 17.2 Å². The number of amides is 2. The van der Waals surface area contributed by atoms with Crippen molar-refractivity contribution < 1.29 is 23.8 Å². The summed E-state index contributed by atoms with van der Waals surface area (Å²) in [5.74, 6) is 0.934. The summed E-state index contributed by atoms with van der Waals surface area (Å²) in [7, 11) is 4.60. The molecule has 2 N–H and O–H groups in total. The summed E-state index contributed by atoms with van der Waals surface area (Å²) in [5, 5.41) is 5.60. The molecule has 0 aliphatic carbocycles. The van der Waals surface area contributed by atoms with E-state index in [0.717, 1.165) is 0 Å². The van der Waals surface area contributed by atoms with Gasteiger partial charge in [-0.3, -0.25) is 9.59 Å². The van der Waals surface area contributed by atoms with Crippen molar-refractivity contribution in [2.75, 3.05) is 32.0 Å². The van der Waals surface area contributed by atoms with Gasteiger partial charge >= 0.3 is 0 Å². The van der Waals surface area contributed by atoms with E-state index in [4.69, 9.17) is 14.2 Å². The summed E-state index contributed by atoms with van der Waals surface area (Å²) in [6.45, 7) is 0. The molecule has 3 aromatic rings. The van der Waals surface area contributed by atoms with Crippen molar-refractivity contribution >= 4 is 23.2 Å². The van der Waals surface area contributed by atoms with E-state index in [2.05, 4.69) is 10.6 Å². The lowest BCUT2D eigenvalue weighted by atomic mass is 10.1. The van der Waals surface area contributed by atoms with Gasteiger partial charge in [0.25, 0.3) is 11.8 Å². The van der Waals surface area contributed by atoms with Crippen LogP contribution in [0.3, 0.4) is 0 Å². The third kappa shape index (κ3) is 4.70. The van der Waals surface area contributed by atoms with Crippen LogP contribution < -0.4 is 24.8 Å². The topological polar surface area (TPSA) is 85.9 Å². The minimum atomic E-state index is -0.374. The molecule has 30 heavy (non-hydrogen) atoms. The van der Waals surface area contributed by atoms with E-state index in [1.165, 1.54) is 14.2 Å². The number of nitrogens with one attached hydrogen (secondary N) is 2. The van der Waals surface area contributed by atoms with E-state index in [0.29, 0.717) is 39.8 Å². The number of rotatable bonds is 7. The van der Waals surface area contributed by atoms with Crippen LogP contribution in [0, 0.1) is 0 Å². The molecule has 0 unspecified atom stereocenters. The minimum absolute atomic E-state index is 0.335. The number of hydrogen-bond acceptors (Lipinski definition) is 5. The smallest absolute Gasteiger partial charge is 0.257 e. The van der Waals surface area contributed by atoms with Gasteiger partial charge in [-0.05, 0) is 54.6 Å². The average Bonchev–Trinajstić information content (AvgIpc) is 2.79. The van der Waals surface area contributed by atoms with Crippen molar-refractivity contribution in [2.24, 2.45) is 0 Å². The van der Waals surface area contributed by atoms with E-state index in [1.54, 1.807) is 73.8 Å². The van der Waals surface area contributed by atoms with Crippen LogP contribution in [-0.4, -0.2) is 33.1 Å². The van der Waals surface area contributed by atoms with Crippen LogP contribution in [0.25, 0.3) is 0 Å². The van der Waals surface area contributed by atoms with Crippen LogP contribution in [0.1, 0.15) is 20.7 Å². The Morgan fingerprint density at radius 1 is 0.700 bits per heavy atom. The van der Waals surface area contributed by atoms with Crippen molar-refractivity contribution in [1.82, 2.24) is 0 Å². The van der Waals surface area contributed by atoms with Crippen molar-refractivity contribution in [1.29, 1.82) is 0 Å². The Labute approximate surface area is 174 Å². The Hall–Kier alpha value is -4.00. The number of hydrogen-bond donors (Lipinski definition) is 2. The zero-order valence-electron chi connectivity index (χ0n) is 16.9. The summed E-state index contributed by atoms with van der Waals surface area (Å²) in [5.41, 5.74) is 1.71. The quantitative estimate of drug-likeness (QED) is 0.614. The van der Waals surface area contributed by atoms with Crippen LogP contribution >= 0.6 is 0 Å². The standard InChI is InChI=1S/C23H22N2O5/c1-28-17-11-9-16(10-12-17)24-23(27)18-6-4-5-7-19(18)25-22(26)15-8-13-20(29-2)21(14-15)30-3/h4-14H,1-3H3,(H,24,27)(H,25,26). The van der Waals surface area contributed by atoms with Gasteiger partial charge in [-0.2, -0.15) is 0 Å². The molecule has 0 aliphatic heterocycles. The van der Waals surface area contributed by atoms with Gasteiger partial charge in [-0.25, -0.2) is 0 Å². The first kappa shape index (κ1) is 20.7. The van der Waals surface area contributed by atoms with Gasteiger partial charge in [0.2, 0.25) is 0 Å². The second kappa shape index (κ2) is 9.47. The maximum absolute atomic E-state index is 12.8. The summed E-state index contributed by atoms with van der Waals surface area (Å²) >= 11 is 0. The summed E-state index contributed by atoms with van der Waals surface area (Å²) in [6, 6.07) is 18.6. The molecule has 7 nitrogen and oxygen atoms in total. The van der Waals surface area contributed by atoms with Gasteiger partial charge in [0.05, 0.1) is 32.6 Å². The SMILES string of the molecule is COc1ccc(NC(=O)c2ccccc2NC(=O)c2ccc(OC)c(OC)c2)cc1. The maximum Gasteiger partial charge on any atom is 0.257 e. The summed E-state index contributed by atoms with van der Waals surface area (Å²) in [4.78, 5) is 25.5. The van der Waals surface area contributed by atoms with Crippen LogP contribution in [-0.2, 0) is 0 Å². The van der Waals surface area contributed by atoms with E-state index >= 15 is 0 Å². The molecule has 0 saturated carbocycles. The van der Waals surface area contributed by atoms with Crippen molar-refractivity contribution in [3.05, 3.63) is 77.9 Å². The largest absolute Gasteiger partial charge is 0.497 e. The van der Waals surface area contributed by atoms with E-state index < -0.39 is 0 Å². The number of anilines is 2. The molecule has 0 heterocycles. The average molecular weight is 406 g/mol. The van der Waals surface area contributed by atoms with Gasteiger partial charge in [0.15, 0.2) is 11.5 Å². The molecule has 0 fully saturated rings. The predicted octanol–water partition coefficient (Wildman–Crippen LogP) is 4.22. The minimum Gasteiger partial charge on any atom is -0.497 e. The molecule has 0 saturated heterocycles. The molecule has 0 radical (unpaired) electrons. The highest BCUT2D eigenvalue weighted by Gasteiger charge is 2.16. The predicted molar refractivity (Wildman–Crippen MR) is 115 cm³/mol. The van der Waals surface area contributed by atoms with E-state index in [9.17, 15) is 9.59 Å². The Kier molecular flexibility index (Phi) is 6.54. The first-order valence-corrected chi connectivity index (χ1v) is 9.13. The van der Waals surface area contributed by atoms with Crippen molar-refractivity contribution in [3.63, 3.8) is 0 Å². The van der Waals surface area contributed by atoms with Crippen LogP contribution in [0.15, 0.2) is 66.7 Å². The second-order valence-electron chi connectivity index (χ2n) is 6.25. The number of ether oxygens (including phenoxy) is 3. The van der Waals surface area contributed by atoms with Gasteiger partial charge < -0.3 is 24.8 Å². The van der Waals surface area contributed by atoms with E-state index in [-0.39, 0.29) is 11.8 Å². The highest BCUT2D eigenvalue weighted by atomic mass is 16.5. The fourth-order valence-corrected chi connectivity index (χ4v) is 2.83. The van der Waals surface area contributed by atoms with Crippen molar-refractivity contribution in [2.45, 2.75) is 0 Å². The van der Waals surface area contributed by atoms with Crippen LogP contribution in [0.4, 0.5) is 11.4 Å². The number of benzene rings is 3. The lowest BCUT2D eigenvalue weighted by molar-refractivity contribution is 0.102. The number of methoxy groups -OCH3 is 3. The van der Waals surface area contributed by atoms with Gasteiger partial charge in [0.1, 0.15) is 5.75 Å². The molecule has 3 rings (SSSR count). The molecule has 2 amide bonds. The molecule has 3 aromatic carbocycles. The zero-order valence-corrected chi connectivity index (χ0v) is 16.9. The fraction of sp³-hybridized carbons (Fsp3) is 0.130. The van der Waals surface area contributed by atoms with Gasteiger partial charge in [0, 0.05) is 11.3 Å². The molecule has 0 atom stereocenters. The normalized spacial score (nSPS) is 10.1. The highest BCUT2D eigenvalue weighted by molar-refractivity contribution is 6.12. The zero-order chi connectivity index (χ0) is 21.5. The molecule has 0 aromatic heterocycles. The van der Waals surface area contributed by atoms with Crippen LogP contribution in [0.2, 0.25) is 0 Å². The second-order valence-corrected chi connectivity index (χ2v) is 6.25. The van der Waals surface area contributed by atoms with Gasteiger partial charge in [-0.1, -0.05) is 12.1 Å². The maximum atomic E-state index is 12.8. The summed E-state index contributed by atoms with van der Waals surface area (Å²) < 4.78 is 15.6. The molecular weight excluding hydrogens is 384 g/mol. The first-order chi connectivity index (χ1) is 14.5. The Balaban J connectivity index is 1.79. The van der Waals surface area contributed by atoms with Gasteiger partial charge in [-0.15, -0.1) is 0 Å². The van der Waals surface area contributed by atoms with E-state index in [1.807, 2.05) is 0 Å². The van der Waals surface area contributed by atoms with Crippen LogP contribution in [0.5, 0.6) is 17.2 Å². The lowest BCUT2D eigenvalue weighted by Gasteiger charge is -2.13. The number of carbonyl (C=O) groups excluding carboxylic acids is 2. The molecule has 154 valence electrons. The monoisotopic (exact) mass is 406 g/mol. The fourth-order valence-electron chi connectivity index (χ4n) is 2.83.